The Hall–Kier alpha value is -3.61. The number of H-pyrrole nitrogens is 1. The Morgan fingerprint density at radius 2 is 1.87 bits per heavy atom. The summed E-state index contributed by atoms with van der Waals surface area (Å²) in [5, 5.41) is 10.3. The van der Waals surface area contributed by atoms with Crippen molar-refractivity contribution >= 4 is 16.9 Å². The number of hydrogen-bond acceptors (Lipinski definition) is 4. The molecule has 7 nitrogen and oxygen atoms in total. The van der Waals surface area contributed by atoms with Gasteiger partial charge in [-0.25, -0.2) is 4.98 Å². The van der Waals surface area contributed by atoms with E-state index in [-0.39, 0.29) is 17.9 Å². The van der Waals surface area contributed by atoms with E-state index in [1.54, 1.807) is 13.2 Å². The number of imidazole rings is 1. The normalized spacial score (nSPS) is 12.3. The summed E-state index contributed by atoms with van der Waals surface area (Å²) in [5.41, 5.74) is 3.81. The topological polar surface area (TPSA) is 84.8 Å². The fourth-order valence-electron chi connectivity index (χ4n) is 3.62. The molecule has 0 bridgehead atoms. The summed E-state index contributed by atoms with van der Waals surface area (Å²) >= 11 is 0. The smallest absolute Gasteiger partial charge is 0.269 e. The van der Waals surface area contributed by atoms with Gasteiger partial charge in [0.05, 0.1) is 29.9 Å². The van der Waals surface area contributed by atoms with Crippen LogP contribution in [0.1, 0.15) is 36.2 Å². The largest absolute Gasteiger partial charge is 0.496 e. The number of fused-ring (bicyclic) bond motifs is 1. The second-order valence-corrected chi connectivity index (χ2v) is 7.58. The van der Waals surface area contributed by atoms with Crippen molar-refractivity contribution in [2.24, 2.45) is 13.0 Å². The second-order valence-electron chi connectivity index (χ2n) is 7.58. The first-order chi connectivity index (χ1) is 14.5. The van der Waals surface area contributed by atoms with Crippen LogP contribution in [0.15, 0.2) is 54.6 Å². The Morgan fingerprint density at radius 3 is 2.60 bits per heavy atom. The zero-order valence-electron chi connectivity index (χ0n) is 17.5. The second kappa shape index (κ2) is 8.02. The monoisotopic (exact) mass is 403 g/mol. The lowest BCUT2D eigenvalue weighted by Gasteiger charge is -2.21. The Balaban J connectivity index is 1.61. The van der Waals surface area contributed by atoms with E-state index in [0.29, 0.717) is 17.1 Å². The van der Waals surface area contributed by atoms with Crippen molar-refractivity contribution in [2.45, 2.75) is 19.9 Å². The zero-order valence-corrected chi connectivity index (χ0v) is 17.5. The summed E-state index contributed by atoms with van der Waals surface area (Å²) in [7, 11) is 3.59. The van der Waals surface area contributed by atoms with Crippen LogP contribution < -0.4 is 10.1 Å². The van der Waals surface area contributed by atoms with E-state index in [4.69, 9.17) is 9.72 Å². The molecule has 0 radical (unpaired) electrons. The number of carbonyl (C=O) groups excluding carboxylic acids is 1. The average molecular weight is 403 g/mol. The Morgan fingerprint density at radius 1 is 1.13 bits per heavy atom. The van der Waals surface area contributed by atoms with Gasteiger partial charge in [0.2, 0.25) is 0 Å². The van der Waals surface area contributed by atoms with E-state index in [1.807, 2.05) is 60.1 Å². The summed E-state index contributed by atoms with van der Waals surface area (Å²) in [4.78, 5) is 17.8. The van der Waals surface area contributed by atoms with E-state index in [1.165, 1.54) is 0 Å². The Bertz CT molecular complexity index is 1190. The van der Waals surface area contributed by atoms with Crippen LogP contribution in [0.5, 0.6) is 5.75 Å². The first-order valence-electron chi connectivity index (χ1n) is 9.90. The first kappa shape index (κ1) is 19.7. The highest BCUT2D eigenvalue weighted by Crippen LogP contribution is 2.29. The summed E-state index contributed by atoms with van der Waals surface area (Å²) in [6, 6.07) is 17.0. The van der Waals surface area contributed by atoms with Crippen molar-refractivity contribution in [2.75, 3.05) is 7.11 Å². The summed E-state index contributed by atoms with van der Waals surface area (Å²) in [6.07, 6.45) is 0. The minimum Gasteiger partial charge on any atom is -0.496 e. The van der Waals surface area contributed by atoms with Gasteiger partial charge < -0.3 is 14.6 Å². The number of amides is 1. The van der Waals surface area contributed by atoms with Crippen LogP contribution in [0.25, 0.3) is 22.3 Å². The molecule has 0 aliphatic carbocycles. The van der Waals surface area contributed by atoms with E-state index in [0.717, 1.165) is 22.4 Å². The highest BCUT2D eigenvalue weighted by atomic mass is 16.5. The Kier molecular flexibility index (Phi) is 5.27. The van der Waals surface area contributed by atoms with Crippen molar-refractivity contribution < 1.29 is 9.53 Å². The minimum absolute atomic E-state index is 0.154. The fourth-order valence-corrected chi connectivity index (χ4v) is 3.62. The Labute approximate surface area is 175 Å². The lowest BCUT2D eigenvalue weighted by molar-refractivity contribution is 0.0917. The number of carbonyl (C=O) groups is 1. The van der Waals surface area contributed by atoms with Crippen molar-refractivity contribution in [3.05, 3.63) is 66.1 Å². The van der Waals surface area contributed by atoms with Gasteiger partial charge in [0.25, 0.3) is 5.91 Å². The van der Waals surface area contributed by atoms with Crippen molar-refractivity contribution in [1.29, 1.82) is 0 Å². The van der Waals surface area contributed by atoms with Crippen LogP contribution in [0.3, 0.4) is 0 Å². The highest BCUT2D eigenvalue weighted by molar-refractivity contribution is 5.94. The third-order valence-corrected chi connectivity index (χ3v) is 5.26. The van der Waals surface area contributed by atoms with Gasteiger partial charge in [0.1, 0.15) is 17.3 Å². The number of ether oxygens (including phenoxy) is 1. The van der Waals surface area contributed by atoms with Crippen LogP contribution in [-0.2, 0) is 7.05 Å². The molecule has 1 amide bonds. The van der Waals surface area contributed by atoms with Gasteiger partial charge in [0.15, 0.2) is 0 Å². The summed E-state index contributed by atoms with van der Waals surface area (Å²) < 4.78 is 7.44. The van der Waals surface area contributed by atoms with Crippen molar-refractivity contribution in [3.8, 4) is 17.0 Å². The molecule has 2 aromatic carbocycles. The number of methoxy groups -OCH3 is 1. The number of aryl methyl sites for hydroxylation is 1. The zero-order chi connectivity index (χ0) is 21.3. The molecule has 4 rings (SSSR count). The number of benzene rings is 2. The maximum Gasteiger partial charge on any atom is 0.269 e. The molecule has 0 aliphatic rings. The maximum absolute atomic E-state index is 13.0. The molecular weight excluding hydrogens is 378 g/mol. The minimum atomic E-state index is -0.243. The number of para-hydroxylation sites is 3. The molecule has 2 aromatic heterocycles. The molecule has 0 saturated heterocycles. The predicted octanol–water partition coefficient (Wildman–Crippen LogP) is 4.10. The quantitative estimate of drug-likeness (QED) is 0.508. The van der Waals surface area contributed by atoms with Gasteiger partial charge in [0, 0.05) is 12.6 Å². The van der Waals surface area contributed by atoms with Crippen LogP contribution in [0.4, 0.5) is 0 Å². The molecule has 2 N–H and O–H groups in total. The molecule has 1 atom stereocenters. The highest BCUT2D eigenvalue weighted by Gasteiger charge is 2.25. The van der Waals surface area contributed by atoms with Gasteiger partial charge in [-0.2, -0.15) is 5.10 Å². The molecule has 30 heavy (non-hydrogen) atoms. The van der Waals surface area contributed by atoms with Gasteiger partial charge in [-0.15, -0.1) is 0 Å². The number of nitrogens with zero attached hydrogens (tertiary/aromatic N) is 3. The molecule has 7 heteroatoms. The van der Waals surface area contributed by atoms with Crippen LogP contribution in [0.2, 0.25) is 0 Å². The number of nitrogens with one attached hydrogen (secondary N) is 2. The van der Waals surface area contributed by atoms with Gasteiger partial charge in [-0.05, 0) is 36.2 Å². The van der Waals surface area contributed by atoms with E-state index in [2.05, 4.69) is 29.4 Å². The SMILES string of the molecule is COc1ccccc1-c1cc(C(=O)N[C@@H](c2nc3ccccc3n2C)C(C)C)[nH]n1. The molecule has 0 fully saturated rings. The van der Waals surface area contributed by atoms with E-state index >= 15 is 0 Å². The lowest BCUT2D eigenvalue weighted by Crippen LogP contribution is -2.33. The standard InChI is InChI=1S/C23H25N5O2/c1-14(2)21(22-24-16-10-6-7-11-19(16)28(22)3)25-23(29)18-13-17(26-27-18)15-9-5-8-12-20(15)30-4/h5-14,21H,1-4H3,(H,25,29)(H,26,27)/t21-/m1/s1. The molecule has 0 spiro atoms. The van der Waals surface area contributed by atoms with Gasteiger partial charge in [-0.1, -0.05) is 38.1 Å². The summed E-state index contributed by atoms with van der Waals surface area (Å²) in [6.45, 7) is 4.13. The first-order valence-corrected chi connectivity index (χ1v) is 9.90. The summed E-state index contributed by atoms with van der Waals surface area (Å²) in [5.74, 6) is 1.45. The lowest BCUT2D eigenvalue weighted by atomic mass is 10.0. The average Bonchev–Trinajstić information content (AvgIpc) is 3.37. The molecule has 0 unspecified atom stereocenters. The van der Waals surface area contributed by atoms with Crippen molar-refractivity contribution in [1.82, 2.24) is 25.1 Å². The molecule has 154 valence electrons. The third kappa shape index (κ3) is 3.54. The van der Waals surface area contributed by atoms with Crippen molar-refractivity contribution in [3.63, 3.8) is 0 Å². The van der Waals surface area contributed by atoms with Crippen LogP contribution in [0, 0.1) is 5.92 Å². The molecular formula is C23H25N5O2. The molecule has 0 saturated carbocycles. The van der Waals surface area contributed by atoms with Gasteiger partial charge in [-0.3, -0.25) is 9.89 Å². The number of hydrogen-bond donors (Lipinski definition) is 2. The number of rotatable bonds is 6. The number of aromatic amines is 1. The maximum atomic E-state index is 13.0. The predicted molar refractivity (Wildman–Crippen MR) is 116 cm³/mol. The fraction of sp³-hybridized carbons (Fsp3) is 0.261. The van der Waals surface area contributed by atoms with Crippen LogP contribution >= 0.6 is 0 Å². The van der Waals surface area contributed by atoms with Gasteiger partial charge >= 0.3 is 0 Å². The molecule has 0 aliphatic heterocycles. The van der Waals surface area contributed by atoms with E-state index < -0.39 is 0 Å². The molecule has 2 heterocycles. The van der Waals surface area contributed by atoms with E-state index in [9.17, 15) is 4.79 Å². The number of aromatic nitrogens is 4. The van der Waals surface area contributed by atoms with Crippen LogP contribution in [-0.4, -0.2) is 32.8 Å². The third-order valence-electron chi connectivity index (χ3n) is 5.26. The molecule has 4 aromatic rings.